The summed E-state index contributed by atoms with van der Waals surface area (Å²) in [6.45, 7) is 4.37. The maximum absolute atomic E-state index is 11.2. The summed E-state index contributed by atoms with van der Waals surface area (Å²) in [7, 11) is 0. The summed E-state index contributed by atoms with van der Waals surface area (Å²) >= 11 is 1.94. The van der Waals surface area contributed by atoms with Crippen molar-refractivity contribution in [3.63, 3.8) is 0 Å². The minimum atomic E-state index is -0.740. The molecule has 2 aromatic rings. The molecule has 0 radical (unpaired) electrons. The Labute approximate surface area is 202 Å². The molecule has 0 spiro atoms. The van der Waals surface area contributed by atoms with Crippen LogP contribution in [0.1, 0.15) is 76.3 Å². The molecule has 0 aliphatic carbocycles. The maximum atomic E-state index is 11.2. The maximum Gasteiger partial charge on any atom is 0.303 e. The average molecular weight is 471 g/mol. The van der Waals surface area contributed by atoms with Gasteiger partial charge in [0, 0.05) is 12.8 Å². The normalized spacial score (nSPS) is 14.8. The Kier molecular flexibility index (Phi) is 11.0. The van der Waals surface area contributed by atoms with Gasteiger partial charge in [-0.15, -0.1) is 0 Å². The Balaban J connectivity index is 1.81. The Bertz CT molecular complexity index is 783. The number of hydrogen-bond acceptors (Lipinski definition) is 3. The molecule has 5 heteroatoms. The van der Waals surface area contributed by atoms with Gasteiger partial charge in [-0.25, -0.2) is 0 Å². The van der Waals surface area contributed by atoms with Crippen LogP contribution in [0.2, 0.25) is 0 Å². The second-order valence-electron chi connectivity index (χ2n) is 9.46. The van der Waals surface area contributed by atoms with Crippen LogP contribution in [-0.2, 0) is 20.4 Å². The van der Waals surface area contributed by atoms with Crippen LogP contribution >= 0.6 is 11.8 Å². The Morgan fingerprint density at radius 1 is 0.667 bits per heavy atom. The molecule has 0 heterocycles. The molecule has 0 aliphatic rings. The molecule has 2 atom stereocenters. The van der Waals surface area contributed by atoms with Crippen LogP contribution in [0.4, 0.5) is 0 Å². The molecule has 2 aromatic carbocycles. The molecule has 0 fully saturated rings. The van der Waals surface area contributed by atoms with Gasteiger partial charge in [-0.2, -0.15) is 11.8 Å². The van der Waals surface area contributed by atoms with E-state index >= 15 is 0 Å². The van der Waals surface area contributed by atoms with Gasteiger partial charge in [0.05, 0.1) is 0 Å². The lowest BCUT2D eigenvalue weighted by molar-refractivity contribution is -0.138. The van der Waals surface area contributed by atoms with Gasteiger partial charge in [0.15, 0.2) is 0 Å². The molecule has 0 saturated heterocycles. The second-order valence-corrected chi connectivity index (χ2v) is 10.7. The molecule has 0 aromatic heterocycles. The van der Waals surface area contributed by atoms with E-state index in [-0.39, 0.29) is 23.7 Å². The zero-order valence-corrected chi connectivity index (χ0v) is 20.8. The van der Waals surface area contributed by atoms with Crippen molar-refractivity contribution in [2.75, 3.05) is 11.5 Å². The number of carboxylic acid groups (broad SMARTS) is 2. The lowest BCUT2D eigenvalue weighted by atomic mass is 9.75. The molecule has 2 rings (SSSR count). The third-order valence-electron chi connectivity index (χ3n) is 6.76. The first-order valence-electron chi connectivity index (χ1n) is 11.9. The summed E-state index contributed by atoms with van der Waals surface area (Å²) < 4.78 is 0. The van der Waals surface area contributed by atoms with Crippen molar-refractivity contribution >= 4 is 23.7 Å². The highest BCUT2D eigenvalue weighted by Gasteiger charge is 2.28. The van der Waals surface area contributed by atoms with Crippen LogP contribution in [0, 0.1) is 0 Å². The van der Waals surface area contributed by atoms with Gasteiger partial charge < -0.3 is 10.2 Å². The third kappa shape index (κ3) is 9.24. The number of thioether (sulfide) groups is 1. The first kappa shape index (κ1) is 27.0. The van der Waals surface area contributed by atoms with Gasteiger partial charge >= 0.3 is 11.9 Å². The summed E-state index contributed by atoms with van der Waals surface area (Å²) in [4.78, 5) is 22.3. The van der Waals surface area contributed by atoms with E-state index in [1.807, 2.05) is 48.2 Å². The largest absolute Gasteiger partial charge is 0.481 e. The van der Waals surface area contributed by atoms with Gasteiger partial charge in [0.25, 0.3) is 0 Å². The predicted octanol–water partition coefficient (Wildman–Crippen LogP) is 6.93. The van der Waals surface area contributed by atoms with Gasteiger partial charge in [-0.1, -0.05) is 74.5 Å². The molecule has 0 saturated carbocycles. The summed E-state index contributed by atoms with van der Waals surface area (Å²) in [5.41, 5.74) is 2.19. The predicted molar refractivity (Wildman–Crippen MR) is 137 cm³/mol. The zero-order chi connectivity index (χ0) is 24.2. The van der Waals surface area contributed by atoms with Gasteiger partial charge in [0.1, 0.15) is 0 Å². The average Bonchev–Trinajstić information content (AvgIpc) is 2.82. The monoisotopic (exact) mass is 470 g/mol. The molecular weight excluding hydrogens is 432 g/mol. The Morgan fingerprint density at radius 3 is 1.36 bits per heavy atom. The number of benzene rings is 2. The molecule has 180 valence electrons. The molecule has 0 aliphatic heterocycles. The first-order valence-corrected chi connectivity index (χ1v) is 13.0. The van der Waals surface area contributed by atoms with Gasteiger partial charge in [-0.05, 0) is 72.0 Å². The molecular formula is C28H38O4S. The number of hydrogen-bond donors (Lipinski definition) is 2. The lowest BCUT2D eigenvalue weighted by Gasteiger charge is -2.30. The van der Waals surface area contributed by atoms with Crippen LogP contribution in [0.3, 0.4) is 0 Å². The summed E-state index contributed by atoms with van der Waals surface area (Å²) in [6, 6.07) is 20.5. The van der Waals surface area contributed by atoms with E-state index in [4.69, 9.17) is 0 Å². The van der Waals surface area contributed by atoms with Crippen LogP contribution < -0.4 is 0 Å². The minimum Gasteiger partial charge on any atom is -0.481 e. The highest BCUT2D eigenvalue weighted by molar-refractivity contribution is 7.99. The fraction of sp³-hybridized carbons (Fsp3) is 0.500. The lowest BCUT2D eigenvalue weighted by Crippen LogP contribution is -2.24. The van der Waals surface area contributed by atoms with E-state index in [0.29, 0.717) is 12.8 Å². The van der Waals surface area contributed by atoms with Crippen molar-refractivity contribution in [2.24, 2.45) is 0 Å². The van der Waals surface area contributed by atoms with Gasteiger partial charge in [-0.3, -0.25) is 9.59 Å². The van der Waals surface area contributed by atoms with E-state index in [0.717, 1.165) is 37.2 Å². The molecule has 2 unspecified atom stereocenters. The standard InChI is InChI=1S/C28H38O4S/c1-27(19-15-25(29)30,23-11-5-3-6-12-23)17-9-21-33-22-10-18-28(2,20-16-26(31)32)24-13-7-4-8-14-24/h3-8,11-14H,9-10,15-22H2,1-2H3,(H,29,30)(H,31,32). The quantitative estimate of drug-likeness (QED) is 0.260. The molecule has 4 nitrogen and oxygen atoms in total. The number of carbonyl (C=O) groups is 2. The van der Waals surface area contributed by atoms with Crippen molar-refractivity contribution in [1.29, 1.82) is 0 Å². The number of rotatable bonds is 16. The van der Waals surface area contributed by atoms with Crippen LogP contribution in [-0.4, -0.2) is 33.7 Å². The number of aliphatic carboxylic acids is 2. The smallest absolute Gasteiger partial charge is 0.303 e. The van der Waals surface area contributed by atoms with Crippen molar-refractivity contribution in [2.45, 2.75) is 76.0 Å². The van der Waals surface area contributed by atoms with E-state index < -0.39 is 11.9 Å². The topological polar surface area (TPSA) is 74.6 Å². The Hall–Kier alpha value is -2.27. The van der Waals surface area contributed by atoms with Crippen molar-refractivity contribution in [3.8, 4) is 0 Å². The molecule has 2 N–H and O–H groups in total. The highest BCUT2D eigenvalue weighted by Crippen LogP contribution is 2.36. The fourth-order valence-electron chi connectivity index (χ4n) is 4.50. The zero-order valence-electron chi connectivity index (χ0n) is 20.0. The summed E-state index contributed by atoms with van der Waals surface area (Å²) in [6.07, 6.45) is 5.70. The van der Waals surface area contributed by atoms with Crippen LogP contribution in [0.25, 0.3) is 0 Å². The summed E-state index contributed by atoms with van der Waals surface area (Å²) in [5, 5.41) is 18.3. The van der Waals surface area contributed by atoms with Crippen LogP contribution in [0.15, 0.2) is 60.7 Å². The van der Waals surface area contributed by atoms with E-state index in [2.05, 4.69) is 38.1 Å². The van der Waals surface area contributed by atoms with E-state index in [1.54, 1.807) is 0 Å². The highest BCUT2D eigenvalue weighted by atomic mass is 32.2. The van der Waals surface area contributed by atoms with Crippen molar-refractivity contribution in [1.82, 2.24) is 0 Å². The van der Waals surface area contributed by atoms with Crippen molar-refractivity contribution in [3.05, 3.63) is 71.8 Å². The summed E-state index contributed by atoms with van der Waals surface area (Å²) in [5.74, 6) is 0.617. The van der Waals surface area contributed by atoms with Crippen molar-refractivity contribution < 1.29 is 19.8 Å². The molecule has 33 heavy (non-hydrogen) atoms. The Morgan fingerprint density at radius 2 is 1.03 bits per heavy atom. The number of carboxylic acids is 2. The van der Waals surface area contributed by atoms with Gasteiger partial charge in [0.2, 0.25) is 0 Å². The SMILES string of the molecule is CC(CCCSCCCC(C)(CCC(=O)O)c1ccccc1)(CCC(=O)O)c1ccccc1. The minimum absolute atomic E-state index is 0.122. The third-order valence-corrected chi connectivity index (χ3v) is 7.91. The fourth-order valence-corrected chi connectivity index (χ4v) is 5.41. The first-order chi connectivity index (χ1) is 15.8. The molecule has 0 amide bonds. The van der Waals surface area contributed by atoms with Crippen LogP contribution in [0.5, 0.6) is 0 Å². The second kappa shape index (κ2) is 13.4. The van der Waals surface area contributed by atoms with E-state index in [9.17, 15) is 19.8 Å². The van der Waals surface area contributed by atoms with E-state index in [1.165, 1.54) is 11.1 Å². The molecule has 0 bridgehead atoms.